The molecule has 6 heteroatoms. The van der Waals surface area contributed by atoms with Crippen molar-refractivity contribution in [2.75, 3.05) is 20.3 Å². The van der Waals surface area contributed by atoms with E-state index in [2.05, 4.69) is 44.3 Å². The van der Waals surface area contributed by atoms with Crippen LogP contribution in [-0.2, 0) is 11.3 Å². The number of rotatable bonds is 7. The fraction of sp³-hybridized carbons (Fsp3) is 0.429. The second kappa shape index (κ2) is 7.52. The van der Waals surface area contributed by atoms with Crippen LogP contribution in [0.1, 0.15) is 24.2 Å². The Labute approximate surface area is 127 Å². The number of ether oxygens (including phenoxy) is 1. The van der Waals surface area contributed by atoms with Gasteiger partial charge in [0.25, 0.3) is 0 Å². The molecule has 0 fully saturated rings. The highest BCUT2D eigenvalue weighted by Gasteiger charge is 2.21. The van der Waals surface area contributed by atoms with Crippen LogP contribution in [0.15, 0.2) is 35.2 Å². The van der Waals surface area contributed by atoms with Crippen molar-refractivity contribution < 1.29 is 4.74 Å². The van der Waals surface area contributed by atoms with Crippen LogP contribution < -0.4 is 5.32 Å². The fourth-order valence-corrected chi connectivity index (χ4v) is 2.66. The molecular weight excluding hydrogens is 320 g/mol. The molecule has 2 aromatic heterocycles. The lowest BCUT2D eigenvalue weighted by Crippen LogP contribution is -2.26. The van der Waals surface area contributed by atoms with E-state index in [4.69, 9.17) is 4.74 Å². The van der Waals surface area contributed by atoms with Gasteiger partial charge in [-0.05, 0) is 34.1 Å². The minimum atomic E-state index is 0.0578. The van der Waals surface area contributed by atoms with Crippen LogP contribution in [0.3, 0.4) is 0 Å². The standard InChI is InChI=1S/C14H19BrN4O/c1-3-17-13(11-5-4-6-16-9-11)14-12(15)10-18-19(14)7-8-20-2/h4-6,9-10,13,17H,3,7-8H2,1-2H3. The number of aromatic nitrogens is 3. The fourth-order valence-electron chi connectivity index (χ4n) is 2.14. The third-order valence-corrected chi connectivity index (χ3v) is 3.65. The van der Waals surface area contributed by atoms with Crippen molar-refractivity contribution in [1.82, 2.24) is 20.1 Å². The number of pyridine rings is 1. The Morgan fingerprint density at radius 1 is 1.45 bits per heavy atom. The molecule has 0 radical (unpaired) electrons. The van der Waals surface area contributed by atoms with E-state index in [0.717, 1.165) is 28.8 Å². The van der Waals surface area contributed by atoms with Gasteiger partial charge in [-0.15, -0.1) is 0 Å². The monoisotopic (exact) mass is 338 g/mol. The van der Waals surface area contributed by atoms with Crippen LogP contribution >= 0.6 is 15.9 Å². The van der Waals surface area contributed by atoms with Crippen molar-refractivity contribution >= 4 is 15.9 Å². The highest BCUT2D eigenvalue weighted by atomic mass is 79.9. The lowest BCUT2D eigenvalue weighted by molar-refractivity contribution is 0.182. The first-order chi connectivity index (χ1) is 9.77. The second-order valence-corrected chi connectivity index (χ2v) is 5.23. The quantitative estimate of drug-likeness (QED) is 0.842. The highest BCUT2D eigenvalue weighted by Crippen LogP contribution is 2.28. The van der Waals surface area contributed by atoms with Gasteiger partial charge in [-0.1, -0.05) is 13.0 Å². The lowest BCUT2D eigenvalue weighted by Gasteiger charge is -2.20. The molecule has 0 amide bonds. The van der Waals surface area contributed by atoms with Gasteiger partial charge in [0, 0.05) is 19.5 Å². The summed E-state index contributed by atoms with van der Waals surface area (Å²) in [6, 6.07) is 4.08. The van der Waals surface area contributed by atoms with E-state index in [1.165, 1.54) is 0 Å². The predicted octanol–water partition coefficient (Wildman–Crippen LogP) is 2.39. The van der Waals surface area contributed by atoms with Gasteiger partial charge in [0.1, 0.15) is 0 Å². The number of hydrogen-bond acceptors (Lipinski definition) is 4. The molecule has 1 unspecified atom stereocenters. The Hall–Kier alpha value is -1.24. The smallest absolute Gasteiger partial charge is 0.0774 e. The van der Waals surface area contributed by atoms with Crippen LogP contribution in [0.5, 0.6) is 0 Å². The first-order valence-corrected chi connectivity index (χ1v) is 7.40. The maximum absolute atomic E-state index is 5.15. The van der Waals surface area contributed by atoms with E-state index >= 15 is 0 Å². The van der Waals surface area contributed by atoms with Crippen molar-refractivity contribution in [2.24, 2.45) is 0 Å². The summed E-state index contributed by atoms with van der Waals surface area (Å²) in [4.78, 5) is 4.21. The summed E-state index contributed by atoms with van der Waals surface area (Å²) in [5.74, 6) is 0. The van der Waals surface area contributed by atoms with Gasteiger partial charge in [0.05, 0.1) is 35.6 Å². The molecule has 1 N–H and O–H groups in total. The first kappa shape index (κ1) is 15.2. The van der Waals surface area contributed by atoms with Crippen LogP contribution in [0, 0.1) is 0 Å². The summed E-state index contributed by atoms with van der Waals surface area (Å²) in [5, 5.41) is 7.90. The average molecular weight is 339 g/mol. The topological polar surface area (TPSA) is 52.0 Å². The van der Waals surface area contributed by atoms with Crippen molar-refractivity contribution in [1.29, 1.82) is 0 Å². The van der Waals surface area contributed by atoms with Gasteiger partial charge in [-0.25, -0.2) is 0 Å². The molecule has 0 saturated heterocycles. The van der Waals surface area contributed by atoms with Crippen molar-refractivity contribution in [2.45, 2.75) is 19.5 Å². The summed E-state index contributed by atoms with van der Waals surface area (Å²) in [7, 11) is 1.70. The molecule has 0 aromatic carbocycles. The summed E-state index contributed by atoms with van der Waals surface area (Å²) in [6.45, 7) is 4.31. The molecule has 0 aliphatic carbocycles. The third-order valence-electron chi connectivity index (χ3n) is 3.04. The van der Waals surface area contributed by atoms with E-state index < -0.39 is 0 Å². The predicted molar refractivity (Wildman–Crippen MR) is 81.6 cm³/mol. The molecule has 0 spiro atoms. The summed E-state index contributed by atoms with van der Waals surface area (Å²) < 4.78 is 8.10. The minimum Gasteiger partial charge on any atom is -0.383 e. The van der Waals surface area contributed by atoms with E-state index in [-0.39, 0.29) is 6.04 Å². The molecule has 0 aliphatic rings. The minimum absolute atomic E-state index is 0.0578. The molecule has 20 heavy (non-hydrogen) atoms. The second-order valence-electron chi connectivity index (χ2n) is 4.37. The van der Waals surface area contributed by atoms with Crippen LogP contribution in [0.4, 0.5) is 0 Å². The van der Waals surface area contributed by atoms with Gasteiger partial charge in [-0.3, -0.25) is 9.67 Å². The molecule has 0 saturated carbocycles. The van der Waals surface area contributed by atoms with Crippen LogP contribution in [0.2, 0.25) is 0 Å². The molecule has 2 rings (SSSR count). The summed E-state index contributed by atoms with van der Waals surface area (Å²) in [5.41, 5.74) is 2.21. The molecule has 0 bridgehead atoms. The third kappa shape index (κ3) is 3.45. The number of halogens is 1. The van der Waals surface area contributed by atoms with Gasteiger partial charge in [0.2, 0.25) is 0 Å². The number of nitrogens with one attached hydrogen (secondary N) is 1. The average Bonchev–Trinajstić information content (AvgIpc) is 2.84. The zero-order valence-corrected chi connectivity index (χ0v) is 13.3. The number of nitrogens with zero attached hydrogens (tertiary/aromatic N) is 3. The maximum Gasteiger partial charge on any atom is 0.0774 e. The van der Waals surface area contributed by atoms with Crippen LogP contribution in [0.25, 0.3) is 0 Å². The van der Waals surface area contributed by atoms with Gasteiger partial charge < -0.3 is 10.1 Å². The Bertz CT molecular complexity index is 529. The Balaban J connectivity index is 2.36. The highest BCUT2D eigenvalue weighted by molar-refractivity contribution is 9.10. The van der Waals surface area contributed by atoms with Crippen molar-refractivity contribution in [3.63, 3.8) is 0 Å². The van der Waals surface area contributed by atoms with E-state index in [9.17, 15) is 0 Å². The molecule has 2 aromatic rings. The van der Waals surface area contributed by atoms with Crippen molar-refractivity contribution in [3.8, 4) is 0 Å². The zero-order valence-electron chi connectivity index (χ0n) is 11.7. The Morgan fingerprint density at radius 3 is 2.95 bits per heavy atom. The maximum atomic E-state index is 5.15. The molecule has 0 aliphatic heterocycles. The largest absolute Gasteiger partial charge is 0.383 e. The van der Waals surface area contributed by atoms with Gasteiger partial charge in [0.15, 0.2) is 0 Å². The van der Waals surface area contributed by atoms with Crippen molar-refractivity contribution in [3.05, 3.63) is 46.5 Å². The summed E-state index contributed by atoms with van der Waals surface area (Å²) in [6.07, 6.45) is 5.49. The molecule has 1 atom stereocenters. The number of hydrogen-bond donors (Lipinski definition) is 1. The zero-order chi connectivity index (χ0) is 14.4. The summed E-state index contributed by atoms with van der Waals surface area (Å²) >= 11 is 3.59. The normalized spacial score (nSPS) is 12.6. The van der Waals surface area contributed by atoms with E-state index in [1.807, 2.05) is 23.1 Å². The van der Waals surface area contributed by atoms with Gasteiger partial charge >= 0.3 is 0 Å². The Kier molecular flexibility index (Phi) is 5.70. The molecule has 2 heterocycles. The van der Waals surface area contributed by atoms with Crippen LogP contribution in [-0.4, -0.2) is 35.0 Å². The Morgan fingerprint density at radius 2 is 2.30 bits per heavy atom. The molecular formula is C14H19BrN4O. The van der Waals surface area contributed by atoms with E-state index in [1.54, 1.807) is 13.3 Å². The van der Waals surface area contributed by atoms with Gasteiger partial charge in [-0.2, -0.15) is 5.10 Å². The molecule has 5 nitrogen and oxygen atoms in total. The SMILES string of the molecule is CCNC(c1cccnc1)c1c(Br)cnn1CCOC. The van der Waals surface area contributed by atoms with E-state index in [0.29, 0.717) is 6.61 Å². The first-order valence-electron chi connectivity index (χ1n) is 6.61. The number of methoxy groups -OCH3 is 1. The lowest BCUT2D eigenvalue weighted by atomic mass is 10.1. The molecule has 108 valence electrons.